The molecule has 0 radical (unpaired) electrons. The van der Waals surface area contributed by atoms with E-state index >= 15 is 0 Å². The molecule has 0 bridgehead atoms. The van der Waals surface area contributed by atoms with Crippen LogP contribution in [0.3, 0.4) is 0 Å². The number of benzene rings is 1. The highest BCUT2D eigenvalue weighted by atomic mass is 19.2. The fraction of sp³-hybridized carbons (Fsp3) is 0.727. The van der Waals surface area contributed by atoms with Gasteiger partial charge in [0.1, 0.15) is 0 Å². The summed E-state index contributed by atoms with van der Waals surface area (Å²) in [6.45, 7) is 2.48. The summed E-state index contributed by atoms with van der Waals surface area (Å²) in [5.41, 5.74) is 0.881. The molecule has 0 heterocycles. The summed E-state index contributed by atoms with van der Waals surface area (Å²) in [6, 6.07) is 3.46. The molecule has 146 valence electrons. The Labute approximate surface area is 155 Å². The number of hydrogen-bond donors (Lipinski definition) is 0. The molecule has 0 unspecified atom stereocenters. The van der Waals surface area contributed by atoms with Gasteiger partial charge >= 0.3 is 0 Å². The fourth-order valence-corrected chi connectivity index (χ4v) is 4.85. The maximum atomic E-state index is 14.4. The van der Waals surface area contributed by atoms with E-state index in [0.717, 1.165) is 30.6 Å². The van der Waals surface area contributed by atoms with Crippen LogP contribution in [0.2, 0.25) is 0 Å². The Hall–Kier alpha value is -0.960. The van der Waals surface area contributed by atoms with Gasteiger partial charge in [-0.15, -0.1) is 0 Å². The SMILES string of the molecule is C.COCc1ccc(C2CCC(C3CCC(C)CC3)CC2)c(F)c1F.[HH].[HH]. The zero-order valence-corrected chi connectivity index (χ0v) is 15.0. The predicted octanol–water partition coefficient (Wildman–Crippen LogP) is 7.34. The molecule has 0 spiro atoms. The average Bonchev–Trinajstić information content (AvgIpc) is 2.60. The third-order valence-corrected chi connectivity index (χ3v) is 6.43. The van der Waals surface area contributed by atoms with Crippen LogP contribution in [-0.2, 0) is 11.3 Å². The Morgan fingerprint density at radius 1 is 0.920 bits per heavy atom. The van der Waals surface area contributed by atoms with E-state index in [1.54, 1.807) is 12.1 Å². The lowest BCUT2D eigenvalue weighted by Gasteiger charge is -2.37. The molecule has 0 aliphatic heterocycles. The normalized spacial score (nSPS) is 29.9. The van der Waals surface area contributed by atoms with Crippen LogP contribution in [0.4, 0.5) is 8.78 Å². The van der Waals surface area contributed by atoms with Crippen LogP contribution in [-0.4, -0.2) is 7.11 Å². The molecule has 2 fully saturated rings. The number of halogens is 2. The van der Waals surface area contributed by atoms with Crippen LogP contribution < -0.4 is 0 Å². The third kappa shape index (κ3) is 4.61. The van der Waals surface area contributed by atoms with Gasteiger partial charge in [0.25, 0.3) is 0 Å². The van der Waals surface area contributed by atoms with Crippen LogP contribution in [0.5, 0.6) is 0 Å². The van der Waals surface area contributed by atoms with Crippen molar-refractivity contribution in [2.24, 2.45) is 17.8 Å². The molecule has 3 heteroatoms. The Bertz CT molecular complexity index is 551. The third-order valence-electron chi connectivity index (χ3n) is 6.43. The molecule has 25 heavy (non-hydrogen) atoms. The van der Waals surface area contributed by atoms with E-state index in [2.05, 4.69) is 6.92 Å². The largest absolute Gasteiger partial charge is 0.380 e. The second kappa shape index (κ2) is 9.12. The van der Waals surface area contributed by atoms with Gasteiger partial charge in [0.2, 0.25) is 0 Å². The Kier molecular flexibility index (Phi) is 7.42. The quantitative estimate of drug-likeness (QED) is 0.548. The highest BCUT2D eigenvalue weighted by Gasteiger charge is 2.31. The first-order chi connectivity index (χ1) is 11.6. The Balaban J connectivity index is 0.00000225. The zero-order valence-electron chi connectivity index (χ0n) is 15.0. The van der Waals surface area contributed by atoms with E-state index in [0.29, 0.717) is 11.1 Å². The van der Waals surface area contributed by atoms with Crippen molar-refractivity contribution in [3.63, 3.8) is 0 Å². The maximum absolute atomic E-state index is 14.4. The molecule has 0 saturated heterocycles. The Morgan fingerprint density at radius 3 is 2.04 bits per heavy atom. The molecular formula is C22H38F2O. The van der Waals surface area contributed by atoms with E-state index in [1.807, 2.05) is 0 Å². The predicted molar refractivity (Wildman–Crippen MR) is 104 cm³/mol. The van der Waals surface area contributed by atoms with Crippen LogP contribution in [0.25, 0.3) is 0 Å². The molecule has 2 aliphatic carbocycles. The molecule has 0 atom stereocenters. The second-order valence-electron chi connectivity index (χ2n) is 8.01. The monoisotopic (exact) mass is 356 g/mol. The van der Waals surface area contributed by atoms with Crippen LogP contribution >= 0.6 is 0 Å². The maximum Gasteiger partial charge on any atom is 0.164 e. The van der Waals surface area contributed by atoms with Gasteiger partial charge in [0.05, 0.1) is 6.61 Å². The lowest BCUT2D eigenvalue weighted by Crippen LogP contribution is -2.25. The summed E-state index contributed by atoms with van der Waals surface area (Å²) < 4.78 is 33.5. The summed E-state index contributed by atoms with van der Waals surface area (Å²) in [4.78, 5) is 0. The van der Waals surface area contributed by atoms with Crippen molar-refractivity contribution in [3.05, 3.63) is 34.9 Å². The zero-order chi connectivity index (χ0) is 17.1. The minimum atomic E-state index is -0.724. The van der Waals surface area contributed by atoms with Crippen LogP contribution in [0.1, 0.15) is 85.6 Å². The van der Waals surface area contributed by atoms with Gasteiger partial charge in [-0.05, 0) is 67.8 Å². The summed E-state index contributed by atoms with van der Waals surface area (Å²) in [5.74, 6) is 1.36. The number of ether oxygens (including phenoxy) is 1. The highest BCUT2D eigenvalue weighted by Crippen LogP contribution is 2.44. The van der Waals surface area contributed by atoms with Crippen LogP contribution in [0, 0.1) is 29.4 Å². The fourth-order valence-electron chi connectivity index (χ4n) is 4.85. The van der Waals surface area contributed by atoms with E-state index in [-0.39, 0.29) is 22.8 Å². The van der Waals surface area contributed by atoms with Gasteiger partial charge in [0, 0.05) is 15.5 Å². The van der Waals surface area contributed by atoms with Crippen molar-refractivity contribution in [3.8, 4) is 0 Å². The lowest BCUT2D eigenvalue weighted by molar-refractivity contribution is 0.164. The van der Waals surface area contributed by atoms with Gasteiger partial charge in [-0.25, -0.2) is 8.78 Å². The van der Waals surface area contributed by atoms with Crippen molar-refractivity contribution < 1.29 is 16.4 Å². The number of hydrogen-bond acceptors (Lipinski definition) is 1. The number of rotatable bonds is 4. The highest BCUT2D eigenvalue weighted by molar-refractivity contribution is 5.29. The average molecular weight is 357 g/mol. The van der Waals surface area contributed by atoms with Crippen LogP contribution in [0.15, 0.2) is 12.1 Å². The first-order valence-corrected chi connectivity index (χ1v) is 9.55. The summed E-state index contributed by atoms with van der Waals surface area (Å²) in [5, 5.41) is 0. The van der Waals surface area contributed by atoms with Crippen molar-refractivity contribution in [1.29, 1.82) is 0 Å². The summed E-state index contributed by atoms with van der Waals surface area (Å²) >= 11 is 0. The van der Waals surface area contributed by atoms with Gasteiger partial charge < -0.3 is 4.74 Å². The minimum Gasteiger partial charge on any atom is -0.380 e. The van der Waals surface area contributed by atoms with Crippen molar-refractivity contribution in [1.82, 2.24) is 0 Å². The second-order valence-corrected chi connectivity index (χ2v) is 8.01. The molecule has 2 aliphatic rings. The molecule has 1 aromatic rings. The molecule has 1 aromatic carbocycles. The molecule has 0 N–H and O–H groups in total. The van der Waals surface area contributed by atoms with Gasteiger partial charge in [-0.1, -0.05) is 39.3 Å². The topological polar surface area (TPSA) is 9.23 Å². The molecule has 2 saturated carbocycles. The minimum absolute atomic E-state index is 0. The van der Waals surface area contributed by atoms with Gasteiger partial charge in [-0.2, -0.15) is 0 Å². The van der Waals surface area contributed by atoms with Gasteiger partial charge in [-0.3, -0.25) is 0 Å². The molecular weight excluding hydrogens is 318 g/mol. The smallest absolute Gasteiger partial charge is 0.164 e. The standard InChI is InChI=1S/C21H30F2O.CH4.2H2/c1-14-3-5-15(6-4-14)16-7-9-17(10-8-16)19-12-11-18(13-24-2)20(22)21(19)23;;;/h11-12,14-17H,3-10,13H2,1-2H3;1H4;2*1H. The van der Waals surface area contributed by atoms with E-state index < -0.39 is 11.6 Å². The van der Waals surface area contributed by atoms with Crippen molar-refractivity contribution >= 4 is 0 Å². The lowest BCUT2D eigenvalue weighted by atomic mass is 9.68. The van der Waals surface area contributed by atoms with Crippen molar-refractivity contribution in [2.75, 3.05) is 7.11 Å². The molecule has 3 rings (SSSR count). The molecule has 1 nitrogen and oxygen atoms in total. The first-order valence-electron chi connectivity index (χ1n) is 9.55. The van der Waals surface area contributed by atoms with E-state index in [1.165, 1.54) is 45.6 Å². The van der Waals surface area contributed by atoms with E-state index in [9.17, 15) is 8.78 Å². The van der Waals surface area contributed by atoms with Crippen molar-refractivity contribution in [2.45, 2.75) is 78.2 Å². The van der Waals surface area contributed by atoms with Gasteiger partial charge in [0.15, 0.2) is 11.6 Å². The Morgan fingerprint density at radius 2 is 1.48 bits per heavy atom. The first kappa shape index (κ1) is 20.4. The number of methoxy groups -OCH3 is 1. The summed E-state index contributed by atoms with van der Waals surface area (Å²) in [7, 11) is 1.50. The van der Waals surface area contributed by atoms with E-state index in [4.69, 9.17) is 4.74 Å². The molecule has 0 amide bonds. The summed E-state index contributed by atoms with van der Waals surface area (Å²) in [6.07, 6.45) is 9.80. The molecule has 0 aromatic heterocycles.